The molecule has 3 rings (SSSR count). The molecule has 0 aliphatic carbocycles. The van der Waals surface area contributed by atoms with Gasteiger partial charge in [-0.25, -0.2) is 9.97 Å². The second kappa shape index (κ2) is 3.91. The summed E-state index contributed by atoms with van der Waals surface area (Å²) in [5.74, 6) is 0.263. The predicted molar refractivity (Wildman–Crippen MR) is 55.8 cm³/mol. The third-order valence-corrected chi connectivity index (χ3v) is 2.60. The summed E-state index contributed by atoms with van der Waals surface area (Å²) in [5, 5.41) is 13.0. The number of nitrogens with zero attached hydrogens (tertiary/aromatic N) is 4. The van der Waals surface area contributed by atoms with Crippen molar-refractivity contribution in [2.75, 3.05) is 18.9 Å². The number of nitrogens with two attached hydrogens (primary N) is 1. The van der Waals surface area contributed by atoms with Crippen LogP contribution in [0.3, 0.4) is 0 Å². The van der Waals surface area contributed by atoms with Gasteiger partial charge in [0.2, 0.25) is 5.95 Å². The number of rotatable bonds is 2. The highest BCUT2D eigenvalue weighted by atomic mass is 16.7. The van der Waals surface area contributed by atoms with Crippen molar-refractivity contribution in [2.45, 2.75) is 12.4 Å². The highest BCUT2D eigenvalue weighted by Crippen LogP contribution is 2.28. The minimum Gasteiger partial charge on any atom is -0.391 e. The van der Waals surface area contributed by atoms with Crippen LogP contribution in [0.25, 0.3) is 5.65 Å². The van der Waals surface area contributed by atoms with E-state index >= 15 is 0 Å². The van der Waals surface area contributed by atoms with Crippen molar-refractivity contribution in [3.63, 3.8) is 0 Å². The molecule has 2 atom stereocenters. The SMILES string of the molecule is Nc1ncnc2c(C3COC(CO)O3)cnn12. The molecule has 8 heteroatoms. The smallest absolute Gasteiger partial charge is 0.224 e. The Bertz CT molecular complexity index is 542. The number of ether oxygens (including phenoxy) is 2. The molecule has 0 amide bonds. The molecule has 2 aromatic rings. The first-order valence-electron chi connectivity index (χ1n) is 5.11. The highest BCUT2D eigenvalue weighted by Gasteiger charge is 2.29. The van der Waals surface area contributed by atoms with Gasteiger partial charge in [-0.3, -0.25) is 0 Å². The van der Waals surface area contributed by atoms with Crippen LogP contribution >= 0.6 is 0 Å². The molecule has 0 bridgehead atoms. The zero-order valence-corrected chi connectivity index (χ0v) is 8.85. The molecule has 0 aromatic carbocycles. The van der Waals surface area contributed by atoms with Crippen LogP contribution < -0.4 is 5.73 Å². The molecule has 0 saturated carbocycles. The molecule has 0 radical (unpaired) electrons. The average Bonchev–Trinajstić information content (AvgIpc) is 2.94. The van der Waals surface area contributed by atoms with Crippen molar-refractivity contribution < 1.29 is 14.6 Å². The predicted octanol–water partition coefficient (Wildman–Crippen LogP) is -0.887. The fraction of sp³-hybridized carbons (Fsp3) is 0.444. The van der Waals surface area contributed by atoms with Crippen LogP contribution in [0.15, 0.2) is 12.5 Å². The van der Waals surface area contributed by atoms with Crippen molar-refractivity contribution in [3.8, 4) is 0 Å². The van der Waals surface area contributed by atoms with Crippen LogP contribution in [-0.4, -0.2) is 44.2 Å². The maximum absolute atomic E-state index is 8.92. The zero-order chi connectivity index (χ0) is 11.8. The number of nitrogen functional groups attached to an aromatic ring is 1. The summed E-state index contributed by atoms with van der Waals surface area (Å²) in [6.45, 7) is 0.184. The van der Waals surface area contributed by atoms with E-state index in [0.29, 0.717) is 12.3 Å². The van der Waals surface area contributed by atoms with Crippen LogP contribution in [0.5, 0.6) is 0 Å². The molecular formula is C9H11N5O3. The van der Waals surface area contributed by atoms with E-state index in [1.165, 1.54) is 10.8 Å². The van der Waals surface area contributed by atoms with Crippen molar-refractivity contribution in [3.05, 3.63) is 18.1 Å². The molecule has 90 valence electrons. The van der Waals surface area contributed by atoms with Gasteiger partial charge in [-0.1, -0.05) is 0 Å². The van der Waals surface area contributed by atoms with Crippen LogP contribution in [0.4, 0.5) is 5.95 Å². The minimum atomic E-state index is -0.589. The Morgan fingerprint density at radius 1 is 1.53 bits per heavy atom. The lowest BCUT2D eigenvalue weighted by molar-refractivity contribution is -0.0880. The second-order valence-electron chi connectivity index (χ2n) is 3.64. The summed E-state index contributed by atoms with van der Waals surface area (Å²) in [4.78, 5) is 7.94. The van der Waals surface area contributed by atoms with Gasteiger partial charge < -0.3 is 20.3 Å². The molecule has 17 heavy (non-hydrogen) atoms. The summed E-state index contributed by atoms with van der Waals surface area (Å²) in [6, 6.07) is 0. The van der Waals surface area contributed by atoms with Crippen molar-refractivity contribution in [1.29, 1.82) is 0 Å². The Morgan fingerprint density at radius 3 is 3.18 bits per heavy atom. The Labute approximate surface area is 96.0 Å². The van der Waals surface area contributed by atoms with Crippen LogP contribution in [0.1, 0.15) is 11.7 Å². The third kappa shape index (κ3) is 1.62. The van der Waals surface area contributed by atoms with Gasteiger partial charge in [0.15, 0.2) is 11.9 Å². The number of hydrogen-bond acceptors (Lipinski definition) is 7. The number of aromatic nitrogens is 4. The second-order valence-corrected chi connectivity index (χ2v) is 3.64. The lowest BCUT2D eigenvalue weighted by atomic mass is 10.2. The minimum absolute atomic E-state index is 0.174. The van der Waals surface area contributed by atoms with E-state index in [9.17, 15) is 0 Å². The van der Waals surface area contributed by atoms with E-state index in [-0.39, 0.29) is 18.7 Å². The van der Waals surface area contributed by atoms with E-state index < -0.39 is 6.29 Å². The average molecular weight is 237 g/mol. The number of fused-ring (bicyclic) bond motifs is 1. The first kappa shape index (κ1) is 10.4. The van der Waals surface area contributed by atoms with Gasteiger partial charge in [-0.15, -0.1) is 0 Å². The van der Waals surface area contributed by atoms with Crippen LogP contribution in [0.2, 0.25) is 0 Å². The number of aliphatic hydroxyl groups is 1. The molecular weight excluding hydrogens is 226 g/mol. The van der Waals surface area contributed by atoms with Crippen molar-refractivity contribution in [2.24, 2.45) is 0 Å². The van der Waals surface area contributed by atoms with E-state index in [1.807, 2.05) is 0 Å². The third-order valence-electron chi connectivity index (χ3n) is 2.60. The van der Waals surface area contributed by atoms with Gasteiger partial charge in [0.25, 0.3) is 0 Å². The Kier molecular flexibility index (Phi) is 2.39. The summed E-state index contributed by atoms with van der Waals surface area (Å²) >= 11 is 0. The molecule has 1 aliphatic heterocycles. The van der Waals surface area contributed by atoms with E-state index in [2.05, 4.69) is 15.1 Å². The first-order chi connectivity index (χ1) is 8.29. The molecule has 3 N–H and O–H groups in total. The summed E-state index contributed by atoms with van der Waals surface area (Å²) in [5.41, 5.74) is 7.02. The molecule has 1 aliphatic rings. The molecule has 3 heterocycles. The van der Waals surface area contributed by atoms with E-state index in [4.69, 9.17) is 20.3 Å². The lowest BCUT2D eigenvalue weighted by Crippen LogP contribution is -2.12. The van der Waals surface area contributed by atoms with Gasteiger partial charge in [0.1, 0.15) is 12.4 Å². The van der Waals surface area contributed by atoms with Crippen molar-refractivity contribution in [1.82, 2.24) is 19.6 Å². The summed E-state index contributed by atoms with van der Waals surface area (Å²) in [7, 11) is 0. The van der Waals surface area contributed by atoms with Gasteiger partial charge in [0, 0.05) is 5.56 Å². The fourth-order valence-electron chi connectivity index (χ4n) is 1.79. The van der Waals surface area contributed by atoms with Crippen LogP contribution in [0, 0.1) is 0 Å². The Morgan fingerprint density at radius 2 is 2.41 bits per heavy atom. The van der Waals surface area contributed by atoms with Gasteiger partial charge >= 0.3 is 0 Å². The van der Waals surface area contributed by atoms with Gasteiger partial charge in [-0.2, -0.15) is 9.61 Å². The van der Waals surface area contributed by atoms with Gasteiger partial charge in [0.05, 0.1) is 19.4 Å². The van der Waals surface area contributed by atoms with Gasteiger partial charge in [-0.05, 0) is 0 Å². The zero-order valence-electron chi connectivity index (χ0n) is 8.85. The summed E-state index contributed by atoms with van der Waals surface area (Å²) < 4.78 is 12.1. The van der Waals surface area contributed by atoms with Crippen LogP contribution in [-0.2, 0) is 9.47 Å². The Balaban J connectivity index is 1.99. The Hall–Kier alpha value is -1.77. The monoisotopic (exact) mass is 237 g/mol. The first-order valence-corrected chi connectivity index (χ1v) is 5.11. The maximum atomic E-state index is 8.92. The van der Waals surface area contributed by atoms with Crippen molar-refractivity contribution >= 4 is 11.6 Å². The molecule has 0 spiro atoms. The highest BCUT2D eigenvalue weighted by molar-refractivity contribution is 5.50. The van der Waals surface area contributed by atoms with E-state index in [0.717, 1.165) is 5.56 Å². The molecule has 1 saturated heterocycles. The number of hydrogen-bond donors (Lipinski definition) is 2. The largest absolute Gasteiger partial charge is 0.391 e. The van der Waals surface area contributed by atoms with E-state index in [1.54, 1.807) is 6.20 Å². The number of aliphatic hydroxyl groups excluding tert-OH is 1. The molecule has 2 aromatic heterocycles. The number of anilines is 1. The molecule has 8 nitrogen and oxygen atoms in total. The normalized spacial score (nSPS) is 24.5. The quantitative estimate of drug-likeness (QED) is 0.697. The lowest BCUT2D eigenvalue weighted by Gasteiger charge is -2.07. The molecule has 2 unspecified atom stereocenters. The molecule has 1 fully saturated rings. The topological polar surface area (TPSA) is 108 Å². The maximum Gasteiger partial charge on any atom is 0.224 e. The summed E-state index contributed by atoms with van der Waals surface area (Å²) in [6.07, 6.45) is 2.11. The standard InChI is InChI=1S/C9H11N5O3/c10-9-12-4-11-8-5(1-13-14(8)9)6-3-16-7(2-15)17-6/h1,4,6-7,15H,2-3H2,(H2,10,11,12). The fourth-order valence-corrected chi connectivity index (χ4v) is 1.79.